The quantitative estimate of drug-likeness (QED) is 0.409. The molecule has 1 N–H and O–H groups in total. The first-order chi connectivity index (χ1) is 13.3. The average Bonchev–Trinajstić information content (AvgIpc) is 3.10. The fourth-order valence-electron chi connectivity index (χ4n) is 2.66. The number of nitrogens with zero attached hydrogens (tertiary/aromatic N) is 2. The van der Waals surface area contributed by atoms with Crippen LogP contribution in [0.1, 0.15) is 25.8 Å². The number of benzene rings is 1. The number of hydrogen-bond acceptors (Lipinski definition) is 5. The number of rotatable bonds is 7. The van der Waals surface area contributed by atoms with E-state index >= 15 is 0 Å². The average molecular weight is 436 g/mol. The number of hydrogen-bond donors (Lipinski definition) is 1. The number of carbonyl (C=O) groups is 1. The first kappa shape index (κ1) is 20.9. The molecule has 0 aliphatic rings. The molecule has 0 unspecified atom stereocenters. The van der Waals surface area contributed by atoms with Gasteiger partial charge in [-0.2, -0.15) is 0 Å². The third-order valence-electron chi connectivity index (χ3n) is 4.19. The number of anilines is 1. The maximum atomic E-state index is 12.8. The van der Waals surface area contributed by atoms with Gasteiger partial charge in [0.25, 0.3) is 5.56 Å². The number of aromatic nitrogens is 2. The summed E-state index contributed by atoms with van der Waals surface area (Å²) >= 11 is 8.85. The Morgan fingerprint density at radius 3 is 2.86 bits per heavy atom. The number of carbonyl (C=O) groups excluding carboxylic acids is 1. The summed E-state index contributed by atoms with van der Waals surface area (Å²) < 4.78 is 2.35. The van der Waals surface area contributed by atoms with Gasteiger partial charge >= 0.3 is 0 Å². The van der Waals surface area contributed by atoms with Crippen molar-refractivity contribution in [3.63, 3.8) is 0 Å². The number of fused-ring (bicyclic) bond motifs is 1. The molecule has 1 aromatic carbocycles. The van der Waals surface area contributed by atoms with E-state index in [1.807, 2.05) is 24.4 Å². The van der Waals surface area contributed by atoms with Gasteiger partial charge in [-0.25, -0.2) is 4.98 Å². The lowest BCUT2D eigenvalue weighted by atomic mass is 10.1. The maximum Gasteiger partial charge on any atom is 0.272 e. The molecule has 5 nitrogen and oxygen atoms in total. The number of amides is 1. The standard InChI is InChI=1S/C20H22ClN3O2S2/c1-12(2)6-8-24-19(26)18-16(7-9-27-18)23-20(24)28-11-17(25)22-15-5-4-13(3)10-14(15)21/h4-5,7,9-10,12H,6,8,11H2,1-3H3,(H,22,25). The molecule has 0 saturated heterocycles. The van der Waals surface area contributed by atoms with Gasteiger partial charge in [0.2, 0.25) is 5.91 Å². The Kier molecular flexibility index (Phi) is 6.80. The molecule has 3 rings (SSSR count). The molecule has 0 radical (unpaired) electrons. The summed E-state index contributed by atoms with van der Waals surface area (Å²) in [4.78, 5) is 29.8. The lowest BCUT2D eigenvalue weighted by Crippen LogP contribution is -2.24. The summed E-state index contributed by atoms with van der Waals surface area (Å²) in [5.74, 6) is 0.426. The summed E-state index contributed by atoms with van der Waals surface area (Å²) in [5, 5.41) is 5.76. The van der Waals surface area contributed by atoms with Crippen LogP contribution in [0.15, 0.2) is 39.6 Å². The molecule has 1 amide bonds. The van der Waals surface area contributed by atoms with Gasteiger partial charge in [0, 0.05) is 6.54 Å². The molecule has 0 spiro atoms. The molecule has 0 bridgehead atoms. The minimum absolute atomic E-state index is 0.0369. The molecule has 8 heteroatoms. The maximum absolute atomic E-state index is 12.8. The van der Waals surface area contributed by atoms with Gasteiger partial charge in [-0.05, 0) is 48.4 Å². The lowest BCUT2D eigenvalue weighted by Gasteiger charge is -2.13. The van der Waals surface area contributed by atoms with Crippen LogP contribution in [0.2, 0.25) is 5.02 Å². The van der Waals surface area contributed by atoms with Crippen molar-refractivity contribution in [2.75, 3.05) is 11.1 Å². The number of nitrogens with one attached hydrogen (secondary N) is 1. The van der Waals surface area contributed by atoms with E-state index in [1.54, 1.807) is 16.7 Å². The lowest BCUT2D eigenvalue weighted by molar-refractivity contribution is -0.113. The van der Waals surface area contributed by atoms with Crippen LogP contribution in [0.3, 0.4) is 0 Å². The summed E-state index contributed by atoms with van der Waals surface area (Å²) in [7, 11) is 0. The highest BCUT2D eigenvalue weighted by molar-refractivity contribution is 7.99. The Morgan fingerprint density at radius 1 is 1.36 bits per heavy atom. The van der Waals surface area contributed by atoms with E-state index in [-0.39, 0.29) is 17.2 Å². The fraction of sp³-hybridized carbons (Fsp3) is 0.350. The van der Waals surface area contributed by atoms with E-state index in [2.05, 4.69) is 24.1 Å². The fourth-order valence-corrected chi connectivity index (χ4v) is 4.54. The molecule has 0 aliphatic heterocycles. The Balaban J connectivity index is 1.77. The van der Waals surface area contributed by atoms with E-state index in [4.69, 9.17) is 11.6 Å². The molecule has 28 heavy (non-hydrogen) atoms. The summed E-state index contributed by atoms with van der Waals surface area (Å²) in [6, 6.07) is 7.32. The second-order valence-electron chi connectivity index (χ2n) is 6.99. The van der Waals surface area contributed by atoms with E-state index in [1.165, 1.54) is 23.1 Å². The van der Waals surface area contributed by atoms with Gasteiger partial charge in [0.05, 0.1) is 22.0 Å². The van der Waals surface area contributed by atoms with Crippen molar-refractivity contribution < 1.29 is 4.79 Å². The topological polar surface area (TPSA) is 64.0 Å². The predicted octanol–water partition coefficient (Wildman–Crippen LogP) is 5.20. The van der Waals surface area contributed by atoms with Crippen molar-refractivity contribution in [2.24, 2.45) is 5.92 Å². The van der Waals surface area contributed by atoms with E-state index in [0.29, 0.717) is 38.5 Å². The van der Waals surface area contributed by atoms with Gasteiger partial charge < -0.3 is 5.32 Å². The number of thiophene rings is 1. The molecule has 148 valence electrons. The second kappa shape index (κ2) is 9.11. The van der Waals surface area contributed by atoms with Crippen LogP contribution in [0.25, 0.3) is 10.2 Å². The highest BCUT2D eigenvalue weighted by Gasteiger charge is 2.15. The summed E-state index contributed by atoms with van der Waals surface area (Å²) in [6.45, 7) is 6.77. The Bertz CT molecular complexity index is 1060. The molecule has 0 fully saturated rings. The van der Waals surface area contributed by atoms with Crippen molar-refractivity contribution in [3.05, 3.63) is 50.6 Å². The van der Waals surface area contributed by atoms with Crippen molar-refractivity contribution in [2.45, 2.75) is 38.9 Å². The molecule has 0 aliphatic carbocycles. The molecule has 2 heterocycles. The second-order valence-corrected chi connectivity index (χ2v) is 9.25. The molecular weight excluding hydrogens is 414 g/mol. The van der Waals surface area contributed by atoms with Crippen LogP contribution in [0.5, 0.6) is 0 Å². The normalized spacial score (nSPS) is 11.3. The monoisotopic (exact) mass is 435 g/mol. The van der Waals surface area contributed by atoms with E-state index in [9.17, 15) is 9.59 Å². The molecular formula is C20H22ClN3O2S2. The van der Waals surface area contributed by atoms with Crippen molar-refractivity contribution in [1.29, 1.82) is 0 Å². The molecule has 3 aromatic rings. The van der Waals surface area contributed by atoms with Crippen LogP contribution in [-0.2, 0) is 11.3 Å². The van der Waals surface area contributed by atoms with Gasteiger partial charge in [-0.3, -0.25) is 14.2 Å². The van der Waals surface area contributed by atoms with Gasteiger partial charge in [-0.15, -0.1) is 11.3 Å². The smallest absolute Gasteiger partial charge is 0.272 e. The summed E-state index contributed by atoms with van der Waals surface area (Å²) in [5.41, 5.74) is 2.25. The zero-order valence-corrected chi connectivity index (χ0v) is 18.4. The Labute approximate surface area is 177 Å². The minimum Gasteiger partial charge on any atom is -0.324 e. The van der Waals surface area contributed by atoms with Crippen LogP contribution in [0, 0.1) is 12.8 Å². The van der Waals surface area contributed by atoms with Crippen LogP contribution in [-0.4, -0.2) is 21.2 Å². The van der Waals surface area contributed by atoms with Gasteiger partial charge in [0.15, 0.2) is 5.16 Å². The third kappa shape index (κ3) is 4.96. The summed E-state index contributed by atoms with van der Waals surface area (Å²) in [6.07, 6.45) is 0.872. The number of aryl methyl sites for hydroxylation is 1. The first-order valence-electron chi connectivity index (χ1n) is 9.02. The zero-order valence-electron chi connectivity index (χ0n) is 16.0. The molecule has 0 saturated carbocycles. The van der Waals surface area contributed by atoms with Crippen molar-refractivity contribution >= 4 is 56.5 Å². The van der Waals surface area contributed by atoms with Gasteiger partial charge in [0.1, 0.15) is 4.70 Å². The van der Waals surface area contributed by atoms with Crippen LogP contribution in [0.4, 0.5) is 5.69 Å². The minimum atomic E-state index is -0.189. The first-order valence-corrected chi connectivity index (χ1v) is 11.3. The van der Waals surface area contributed by atoms with Crippen molar-refractivity contribution in [3.8, 4) is 0 Å². The predicted molar refractivity (Wildman–Crippen MR) is 119 cm³/mol. The van der Waals surface area contributed by atoms with E-state index in [0.717, 1.165) is 12.0 Å². The Hall–Kier alpha value is -1.83. The van der Waals surface area contributed by atoms with E-state index < -0.39 is 0 Å². The SMILES string of the molecule is Cc1ccc(NC(=O)CSc2nc3ccsc3c(=O)n2CCC(C)C)c(Cl)c1. The molecule has 0 atom stereocenters. The highest BCUT2D eigenvalue weighted by Crippen LogP contribution is 2.24. The highest BCUT2D eigenvalue weighted by atomic mass is 35.5. The number of halogens is 1. The van der Waals surface area contributed by atoms with Crippen LogP contribution >= 0.6 is 34.7 Å². The largest absolute Gasteiger partial charge is 0.324 e. The van der Waals surface area contributed by atoms with Gasteiger partial charge in [-0.1, -0.05) is 43.3 Å². The zero-order chi connectivity index (χ0) is 20.3. The van der Waals surface area contributed by atoms with Crippen LogP contribution < -0.4 is 10.9 Å². The number of thioether (sulfide) groups is 1. The Morgan fingerprint density at radius 2 is 2.14 bits per heavy atom. The third-order valence-corrected chi connectivity index (χ3v) is 6.37. The molecule has 2 aromatic heterocycles. The van der Waals surface area contributed by atoms with Crippen molar-refractivity contribution in [1.82, 2.24) is 9.55 Å².